The lowest BCUT2D eigenvalue weighted by atomic mass is 10.1. The van der Waals surface area contributed by atoms with Gasteiger partial charge in [-0.15, -0.1) is 0 Å². The average Bonchev–Trinajstić information content (AvgIpc) is 3.38. The molecule has 1 aliphatic rings. The predicted octanol–water partition coefficient (Wildman–Crippen LogP) is 2.74. The third-order valence-electron chi connectivity index (χ3n) is 5.57. The standard InChI is InChI=1S/C24H25N5O/c25-14-20-6-8-21(9-7-20)17-29-18-26-15-22(29)16-27-23-11-13-28(24(23)30)12-10-19-4-2-1-3-5-19/h1-9,15,18,23,27H,10-13,16-17H2/t23-/m0/s1. The monoisotopic (exact) mass is 399 g/mol. The molecular formula is C24H25N5O. The van der Waals surface area contributed by atoms with Crippen molar-refractivity contribution in [3.8, 4) is 6.07 Å². The first-order valence-corrected chi connectivity index (χ1v) is 10.3. The quantitative estimate of drug-likeness (QED) is 0.632. The van der Waals surface area contributed by atoms with Crippen molar-refractivity contribution in [2.45, 2.75) is 32.0 Å². The SMILES string of the molecule is N#Cc1ccc(Cn2cncc2CN[C@H]2CCN(CCc3ccccc3)C2=O)cc1. The lowest BCUT2D eigenvalue weighted by Gasteiger charge is -2.17. The van der Waals surface area contributed by atoms with Crippen LogP contribution in [0, 0.1) is 11.3 Å². The number of benzene rings is 2. The van der Waals surface area contributed by atoms with Gasteiger partial charge in [-0.1, -0.05) is 42.5 Å². The van der Waals surface area contributed by atoms with Crippen molar-refractivity contribution in [2.75, 3.05) is 13.1 Å². The molecule has 1 atom stereocenters. The molecule has 2 heterocycles. The average molecular weight is 399 g/mol. The van der Waals surface area contributed by atoms with Crippen molar-refractivity contribution < 1.29 is 4.79 Å². The first kappa shape index (κ1) is 19.9. The fourth-order valence-corrected chi connectivity index (χ4v) is 3.81. The number of amides is 1. The van der Waals surface area contributed by atoms with Gasteiger partial charge in [-0.25, -0.2) is 4.98 Å². The van der Waals surface area contributed by atoms with Gasteiger partial charge in [-0.2, -0.15) is 5.26 Å². The summed E-state index contributed by atoms with van der Waals surface area (Å²) in [5, 5.41) is 12.3. The maximum Gasteiger partial charge on any atom is 0.239 e. The van der Waals surface area contributed by atoms with Crippen molar-refractivity contribution in [2.24, 2.45) is 0 Å². The smallest absolute Gasteiger partial charge is 0.239 e. The second-order valence-corrected chi connectivity index (χ2v) is 7.60. The number of hydrogen-bond acceptors (Lipinski definition) is 4. The van der Waals surface area contributed by atoms with E-state index >= 15 is 0 Å². The highest BCUT2D eigenvalue weighted by atomic mass is 16.2. The summed E-state index contributed by atoms with van der Waals surface area (Å²) in [6, 6.07) is 19.8. The topological polar surface area (TPSA) is 74.0 Å². The van der Waals surface area contributed by atoms with E-state index in [0.29, 0.717) is 18.7 Å². The molecule has 1 amide bonds. The number of aromatic nitrogens is 2. The van der Waals surface area contributed by atoms with Gasteiger partial charge < -0.3 is 14.8 Å². The summed E-state index contributed by atoms with van der Waals surface area (Å²) in [6.45, 7) is 2.84. The second kappa shape index (κ2) is 9.38. The van der Waals surface area contributed by atoms with E-state index in [2.05, 4.69) is 33.1 Å². The molecule has 1 saturated heterocycles. The van der Waals surface area contributed by atoms with Crippen LogP contribution in [0.3, 0.4) is 0 Å². The van der Waals surface area contributed by atoms with Gasteiger partial charge in [-0.3, -0.25) is 4.79 Å². The van der Waals surface area contributed by atoms with Crippen LogP contribution in [0.25, 0.3) is 0 Å². The lowest BCUT2D eigenvalue weighted by Crippen LogP contribution is -2.38. The minimum atomic E-state index is -0.140. The van der Waals surface area contributed by atoms with Gasteiger partial charge in [0, 0.05) is 32.4 Å². The highest BCUT2D eigenvalue weighted by Gasteiger charge is 2.30. The van der Waals surface area contributed by atoms with Crippen LogP contribution in [0.2, 0.25) is 0 Å². The highest BCUT2D eigenvalue weighted by molar-refractivity contribution is 5.84. The zero-order chi connectivity index (χ0) is 20.8. The Hall–Kier alpha value is -3.43. The fourth-order valence-electron chi connectivity index (χ4n) is 3.81. The summed E-state index contributed by atoms with van der Waals surface area (Å²) in [5.74, 6) is 0.184. The van der Waals surface area contributed by atoms with E-state index in [1.54, 1.807) is 6.33 Å². The molecule has 1 N–H and O–H groups in total. The van der Waals surface area contributed by atoms with E-state index in [-0.39, 0.29) is 11.9 Å². The first-order valence-electron chi connectivity index (χ1n) is 10.3. The van der Waals surface area contributed by atoms with Crippen LogP contribution in [0.4, 0.5) is 0 Å². The molecular weight excluding hydrogens is 374 g/mol. The van der Waals surface area contributed by atoms with Gasteiger partial charge >= 0.3 is 0 Å². The van der Waals surface area contributed by atoms with E-state index < -0.39 is 0 Å². The number of carbonyl (C=O) groups is 1. The third-order valence-corrected chi connectivity index (χ3v) is 5.57. The molecule has 4 rings (SSSR count). The van der Waals surface area contributed by atoms with Gasteiger partial charge in [0.2, 0.25) is 5.91 Å². The molecule has 152 valence electrons. The zero-order valence-corrected chi connectivity index (χ0v) is 16.9. The Morgan fingerprint density at radius 3 is 2.67 bits per heavy atom. The van der Waals surface area contributed by atoms with Crippen LogP contribution in [-0.4, -0.2) is 39.5 Å². The number of nitrogens with zero attached hydrogens (tertiary/aromatic N) is 4. The van der Waals surface area contributed by atoms with Crippen molar-refractivity contribution >= 4 is 5.91 Å². The van der Waals surface area contributed by atoms with Crippen molar-refractivity contribution in [1.29, 1.82) is 5.26 Å². The van der Waals surface area contributed by atoms with Gasteiger partial charge in [0.15, 0.2) is 0 Å². The van der Waals surface area contributed by atoms with E-state index in [9.17, 15) is 4.79 Å². The molecule has 1 aliphatic heterocycles. The van der Waals surface area contributed by atoms with E-state index in [1.807, 2.05) is 53.6 Å². The molecule has 0 unspecified atom stereocenters. The van der Waals surface area contributed by atoms with Crippen molar-refractivity contribution in [3.05, 3.63) is 89.5 Å². The first-order chi connectivity index (χ1) is 14.7. The Labute approximate surface area is 176 Å². The van der Waals surface area contributed by atoms with Crippen LogP contribution < -0.4 is 5.32 Å². The fraction of sp³-hybridized carbons (Fsp3) is 0.292. The van der Waals surface area contributed by atoms with Crippen molar-refractivity contribution in [1.82, 2.24) is 19.8 Å². The normalized spacial score (nSPS) is 16.0. The van der Waals surface area contributed by atoms with E-state index in [1.165, 1.54) is 5.56 Å². The number of rotatable bonds is 8. The summed E-state index contributed by atoms with van der Waals surface area (Å²) in [6.07, 6.45) is 5.36. The summed E-state index contributed by atoms with van der Waals surface area (Å²) in [5.41, 5.74) is 4.06. The van der Waals surface area contributed by atoms with Gasteiger partial charge in [-0.05, 0) is 36.1 Å². The Bertz CT molecular complexity index is 1020. The molecule has 0 spiro atoms. The zero-order valence-electron chi connectivity index (χ0n) is 16.9. The Kier molecular flexibility index (Phi) is 6.21. The number of likely N-dealkylation sites (tertiary alicyclic amines) is 1. The molecule has 30 heavy (non-hydrogen) atoms. The Morgan fingerprint density at radius 2 is 1.90 bits per heavy atom. The Morgan fingerprint density at radius 1 is 1.10 bits per heavy atom. The van der Waals surface area contributed by atoms with Crippen LogP contribution in [0.1, 0.15) is 28.8 Å². The molecule has 3 aromatic rings. The van der Waals surface area contributed by atoms with Gasteiger partial charge in [0.25, 0.3) is 0 Å². The minimum Gasteiger partial charge on any atom is -0.341 e. The third kappa shape index (κ3) is 4.76. The van der Waals surface area contributed by atoms with Gasteiger partial charge in [0.1, 0.15) is 0 Å². The van der Waals surface area contributed by atoms with Crippen LogP contribution in [0.5, 0.6) is 0 Å². The number of hydrogen-bond donors (Lipinski definition) is 1. The summed E-state index contributed by atoms with van der Waals surface area (Å²) in [4.78, 5) is 19.0. The largest absolute Gasteiger partial charge is 0.341 e. The number of imidazole rings is 1. The van der Waals surface area contributed by atoms with Crippen LogP contribution >= 0.6 is 0 Å². The number of nitriles is 1. The number of nitrogens with one attached hydrogen (secondary N) is 1. The molecule has 0 bridgehead atoms. The second-order valence-electron chi connectivity index (χ2n) is 7.60. The molecule has 2 aromatic carbocycles. The molecule has 0 aliphatic carbocycles. The van der Waals surface area contributed by atoms with Crippen molar-refractivity contribution in [3.63, 3.8) is 0 Å². The summed E-state index contributed by atoms with van der Waals surface area (Å²) < 4.78 is 2.07. The molecule has 6 heteroatoms. The van der Waals surface area contributed by atoms with Crippen LogP contribution in [-0.2, 0) is 24.3 Å². The maximum absolute atomic E-state index is 12.7. The van der Waals surface area contributed by atoms with Gasteiger partial charge in [0.05, 0.1) is 29.7 Å². The molecule has 0 radical (unpaired) electrons. The van der Waals surface area contributed by atoms with E-state index in [0.717, 1.165) is 37.2 Å². The minimum absolute atomic E-state index is 0.140. The van der Waals surface area contributed by atoms with E-state index in [4.69, 9.17) is 5.26 Å². The molecule has 0 saturated carbocycles. The van der Waals surface area contributed by atoms with Crippen LogP contribution in [0.15, 0.2) is 67.1 Å². The number of carbonyl (C=O) groups excluding carboxylic acids is 1. The Balaban J connectivity index is 1.29. The predicted molar refractivity (Wildman–Crippen MR) is 114 cm³/mol. The maximum atomic E-state index is 12.7. The summed E-state index contributed by atoms with van der Waals surface area (Å²) >= 11 is 0. The highest BCUT2D eigenvalue weighted by Crippen LogP contribution is 2.14. The molecule has 6 nitrogen and oxygen atoms in total. The lowest BCUT2D eigenvalue weighted by molar-refractivity contribution is -0.129. The molecule has 1 aromatic heterocycles. The summed E-state index contributed by atoms with van der Waals surface area (Å²) in [7, 11) is 0. The molecule has 1 fully saturated rings.